The molecular formula is C22H22N2O4S2. The predicted molar refractivity (Wildman–Crippen MR) is 118 cm³/mol. The summed E-state index contributed by atoms with van der Waals surface area (Å²) < 4.78 is 56.9. The lowest BCUT2D eigenvalue weighted by atomic mass is 9.90. The van der Waals surface area contributed by atoms with Crippen molar-refractivity contribution < 1.29 is 16.8 Å². The molecular weight excluding hydrogens is 420 g/mol. The molecule has 0 unspecified atom stereocenters. The smallest absolute Gasteiger partial charge is 0.261 e. The molecule has 8 heteroatoms. The third-order valence-corrected chi connectivity index (χ3v) is 7.87. The molecule has 156 valence electrons. The minimum atomic E-state index is -3.87. The lowest BCUT2D eigenvalue weighted by molar-refractivity contribution is 0.598. The van der Waals surface area contributed by atoms with Crippen LogP contribution in [0, 0.1) is 0 Å². The molecule has 0 spiro atoms. The van der Waals surface area contributed by atoms with Crippen LogP contribution in [0.5, 0.6) is 0 Å². The van der Waals surface area contributed by atoms with Crippen molar-refractivity contribution >= 4 is 31.4 Å². The normalized spacial score (nSPS) is 14.0. The zero-order valence-electron chi connectivity index (χ0n) is 16.2. The van der Waals surface area contributed by atoms with Crippen molar-refractivity contribution in [3.8, 4) is 0 Å². The van der Waals surface area contributed by atoms with E-state index < -0.39 is 20.0 Å². The first-order valence-electron chi connectivity index (χ1n) is 9.67. The van der Waals surface area contributed by atoms with Gasteiger partial charge in [0.2, 0.25) is 0 Å². The molecule has 0 saturated carbocycles. The van der Waals surface area contributed by atoms with Crippen molar-refractivity contribution in [3.63, 3.8) is 0 Å². The molecule has 0 aliphatic heterocycles. The van der Waals surface area contributed by atoms with Gasteiger partial charge in [-0.3, -0.25) is 9.44 Å². The Bertz CT molecular complexity index is 1260. The summed E-state index contributed by atoms with van der Waals surface area (Å²) in [7, 11) is -7.74. The summed E-state index contributed by atoms with van der Waals surface area (Å²) in [6.45, 7) is 0. The van der Waals surface area contributed by atoms with E-state index in [1.807, 2.05) is 6.07 Å². The standard InChI is InChI=1S/C22H22N2O4S2/c25-29(26,18-10-3-1-4-11-18)23-21-16-15-17-9-7-8-14-20(17)22(21)24-30(27,28)19-12-5-2-6-13-19/h1-6,10-13,15-16,23-24H,7-9,14H2. The van der Waals surface area contributed by atoms with Gasteiger partial charge in [0.15, 0.2) is 0 Å². The van der Waals surface area contributed by atoms with E-state index in [1.165, 1.54) is 24.3 Å². The van der Waals surface area contributed by atoms with Crippen molar-refractivity contribution in [2.24, 2.45) is 0 Å². The van der Waals surface area contributed by atoms with E-state index in [1.54, 1.807) is 42.5 Å². The summed E-state index contributed by atoms with van der Waals surface area (Å²) in [5.41, 5.74) is 2.40. The highest BCUT2D eigenvalue weighted by atomic mass is 32.2. The summed E-state index contributed by atoms with van der Waals surface area (Å²) in [4.78, 5) is 0.231. The van der Waals surface area contributed by atoms with E-state index in [0.717, 1.165) is 30.4 Å². The van der Waals surface area contributed by atoms with E-state index >= 15 is 0 Å². The highest BCUT2D eigenvalue weighted by Gasteiger charge is 2.24. The predicted octanol–water partition coefficient (Wildman–Crippen LogP) is 4.17. The van der Waals surface area contributed by atoms with Gasteiger partial charge >= 0.3 is 0 Å². The Hall–Kier alpha value is -2.84. The largest absolute Gasteiger partial charge is 0.277 e. The van der Waals surface area contributed by atoms with Gasteiger partial charge in [-0.05, 0) is 67.1 Å². The minimum absolute atomic E-state index is 0.111. The van der Waals surface area contributed by atoms with Gasteiger partial charge in [-0.15, -0.1) is 0 Å². The fourth-order valence-corrected chi connectivity index (χ4v) is 5.85. The summed E-state index contributed by atoms with van der Waals surface area (Å²) in [6.07, 6.45) is 3.46. The molecule has 0 aromatic heterocycles. The third-order valence-electron chi connectivity index (χ3n) is 5.12. The van der Waals surface area contributed by atoms with Crippen molar-refractivity contribution in [1.29, 1.82) is 0 Å². The van der Waals surface area contributed by atoms with Crippen LogP contribution in [-0.4, -0.2) is 16.8 Å². The molecule has 3 aromatic carbocycles. The second-order valence-corrected chi connectivity index (χ2v) is 10.5. The Balaban J connectivity index is 1.78. The molecule has 0 saturated heterocycles. The Kier molecular flexibility index (Phi) is 5.53. The van der Waals surface area contributed by atoms with Crippen LogP contribution in [0.4, 0.5) is 11.4 Å². The van der Waals surface area contributed by atoms with Gasteiger partial charge in [-0.25, -0.2) is 16.8 Å². The number of benzene rings is 3. The number of rotatable bonds is 6. The first-order chi connectivity index (χ1) is 14.4. The molecule has 0 amide bonds. The molecule has 0 heterocycles. The van der Waals surface area contributed by atoms with Crippen LogP contribution in [0.25, 0.3) is 0 Å². The van der Waals surface area contributed by atoms with Crippen LogP contribution >= 0.6 is 0 Å². The SMILES string of the molecule is O=S(=O)(Nc1ccc2c(c1NS(=O)(=O)c1ccccc1)CCCC2)c1ccccc1. The lowest BCUT2D eigenvalue weighted by Gasteiger charge is -2.23. The zero-order valence-corrected chi connectivity index (χ0v) is 17.8. The highest BCUT2D eigenvalue weighted by Crippen LogP contribution is 2.36. The van der Waals surface area contributed by atoms with Crippen LogP contribution in [-0.2, 0) is 32.9 Å². The van der Waals surface area contributed by atoms with Gasteiger partial charge in [-0.1, -0.05) is 42.5 Å². The van der Waals surface area contributed by atoms with E-state index in [-0.39, 0.29) is 15.5 Å². The summed E-state index contributed by atoms with van der Waals surface area (Å²) >= 11 is 0. The average molecular weight is 443 g/mol. The fraction of sp³-hybridized carbons (Fsp3) is 0.182. The van der Waals surface area contributed by atoms with Gasteiger partial charge in [0.25, 0.3) is 20.0 Å². The first kappa shape index (κ1) is 20.4. The second kappa shape index (κ2) is 8.12. The van der Waals surface area contributed by atoms with Crippen LogP contribution < -0.4 is 9.44 Å². The van der Waals surface area contributed by atoms with Crippen LogP contribution in [0.1, 0.15) is 24.0 Å². The maximum Gasteiger partial charge on any atom is 0.261 e. The van der Waals surface area contributed by atoms with Gasteiger partial charge in [0.1, 0.15) is 0 Å². The van der Waals surface area contributed by atoms with Crippen LogP contribution in [0.3, 0.4) is 0 Å². The molecule has 30 heavy (non-hydrogen) atoms. The number of fused-ring (bicyclic) bond motifs is 1. The molecule has 0 radical (unpaired) electrons. The van der Waals surface area contributed by atoms with Crippen molar-refractivity contribution in [2.75, 3.05) is 9.44 Å². The van der Waals surface area contributed by atoms with Gasteiger partial charge < -0.3 is 0 Å². The highest BCUT2D eigenvalue weighted by molar-refractivity contribution is 7.93. The average Bonchev–Trinajstić information content (AvgIpc) is 2.76. The van der Waals surface area contributed by atoms with Crippen molar-refractivity contribution in [2.45, 2.75) is 35.5 Å². The maximum atomic E-state index is 13.0. The molecule has 2 N–H and O–H groups in total. The third kappa shape index (κ3) is 4.20. The topological polar surface area (TPSA) is 92.3 Å². The van der Waals surface area contributed by atoms with Gasteiger partial charge in [0, 0.05) is 0 Å². The lowest BCUT2D eigenvalue weighted by Crippen LogP contribution is -2.20. The minimum Gasteiger partial charge on any atom is -0.277 e. The van der Waals surface area contributed by atoms with E-state index in [2.05, 4.69) is 9.44 Å². The summed E-state index contributed by atoms with van der Waals surface area (Å²) in [5, 5.41) is 0. The number of hydrogen-bond donors (Lipinski definition) is 2. The fourth-order valence-electron chi connectivity index (χ4n) is 3.63. The number of aryl methyl sites for hydroxylation is 1. The van der Waals surface area contributed by atoms with E-state index in [9.17, 15) is 16.8 Å². The summed E-state index contributed by atoms with van der Waals surface area (Å²) in [6, 6.07) is 19.6. The van der Waals surface area contributed by atoms with E-state index in [4.69, 9.17) is 0 Å². The molecule has 3 aromatic rings. The molecule has 4 rings (SSSR count). The Morgan fingerprint density at radius 1 is 0.600 bits per heavy atom. The first-order valence-corrected chi connectivity index (χ1v) is 12.6. The van der Waals surface area contributed by atoms with Crippen molar-refractivity contribution in [1.82, 2.24) is 0 Å². The summed E-state index contributed by atoms with van der Waals surface area (Å²) in [5.74, 6) is 0. The Morgan fingerprint density at radius 3 is 1.73 bits per heavy atom. The van der Waals surface area contributed by atoms with Gasteiger partial charge in [-0.2, -0.15) is 0 Å². The van der Waals surface area contributed by atoms with Crippen LogP contribution in [0.2, 0.25) is 0 Å². The molecule has 0 bridgehead atoms. The van der Waals surface area contributed by atoms with Crippen molar-refractivity contribution in [3.05, 3.63) is 83.9 Å². The molecule has 0 fully saturated rings. The number of nitrogens with one attached hydrogen (secondary N) is 2. The van der Waals surface area contributed by atoms with Crippen LogP contribution in [0.15, 0.2) is 82.6 Å². The zero-order chi connectivity index (χ0) is 21.2. The Morgan fingerprint density at radius 2 is 1.13 bits per heavy atom. The molecule has 1 aliphatic carbocycles. The quantitative estimate of drug-likeness (QED) is 0.599. The van der Waals surface area contributed by atoms with Gasteiger partial charge in [0.05, 0.1) is 21.2 Å². The number of sulfonamides is 2. The number of hydrogen-bond acceptors (Lipinski definition) is 4. The number of anilines is 2. The maximum absolute atomic E-state index is 13.0. The molecule has 6 nitrogen and oxygen atoms in total. The monoisotopic (exact) mass is 442 g/mol. The molecule has 1 aliphatic rings. The Labute approximate surface area is 177 Å². The van der Waals surface area contributed by atoms with E-state index in [0.29, 0.717) is 12.1 Å². The second-order valence-electron chi connectivity index (χ2n) is 7.17. The molecule has 0 atom stereocenters.